The molecule has 39 heavy (non-hydrogen) atoms. The Hall–Kier alpha value is -4.08. The Labute approximate surface area is 223 Å². The summed E-state index contributed by atoms with van der Waals surface area (Å²) < 4.78 is 53.1. The van der Waals surface area contributed by atoms with Crippen LogP contribution in [0.5, 0.6) is 0 Å². The standard InChI is InChI=1S/C24H27N3O11S/c1-14(28)35-12-18-20(38-39(32,33)13-16-7-5-4-6-8-16)21(36-15(2)29)23(37-18)27-11-17(9-10-19(30)34-3)22(25)26-24(27)31/h4-11,18,20-21,23H,12-13H2,1-3H3,(H2,25,26,31)/t18-,20+,21-,23-/m1/s1. The summed E-state index contributed by atoms with van der Waals surface area (Å²) >= 11 is 0. The lowest BCUT2D eigenvalue weighted by Crippen LogP contribution is -2.42. The van der Waals surface area contributed by atoms with Gasteiger partial charge in [0.25, 0.3) is 10.1 Å². The van der Waals surface area contributed by atoms with E-state index in [0.29, 0.717) is 5.56 Å². The third-order valence-electron chi connectivity index (χ3n) is 5.37. The summed E-state index contributed by atoms with van der Waals surface area (Å²) in [6.45, 7) is 1.72. The van der Waals surface area contributed by atoms with Crippen molar-refractivity contribution in [3.63, 3.8) is 0 Å². The van der Waals surface area contributed by atoms with Gasteiger partial charge in [-0.15, -0.1) is 0 Å². The van der Waals surface area contributed by atoms with Gasteiger partial charge in [0, 0.05) is 31.7 Å². The molecule has 14 nitrogen and oxygen atoms in total. The number of hydrogen-bond acceptors (Lipinski definition) is 13. The summed E-state index contributed by atoms with van der Waals surface area (Å²) in [6.07, 6.45) is -2.35. The Balaban J connectivity index is 2.04. The van der Waals surface area contributed by atoms with Crippen LogP contribution in [0.4, 0.5) is 5.82 Å². The smallest absolute Gasteiger partial charge is 0.351 e. The number of carbonyl (C=O) groups excluding carboxylic acids is 3. The molecular formula is C24H27N3O11S. The van der Waals surface area contributed by atoms with Crippen molar-refractivity contribution < 1.29 is 45.9 Å². The van der Waals surface area contributed by atoms with Gasteiger partial charge in [0.15, 0.2) is 12.3 Å². The average molecular weight is 566 g/mol. The number of nitrogens with zero attached hydrogens (tertiary/aromatic N) is 2. The van der Waals surface area contributed by atoms with E-state index >= 15 is 0 Å². The number of benzene rings is 1. The number of nitrogens with two attached hydrogens (primary N) is 1. The van der Waals surface area contributed by atoms with Gasteiger partial charge in [-0.3, -0.25) is 18.3 Å². The molecule has 0 unspecified atom stereocenters. The van der Waals surface area contributed by atoms with Gasteiger partial charge in [0.2, 0.25) is 0 Å². The lowest BCUT2D eigenvalue weighted by Gasteiger charge is -2.24. The number of ether oxygens (including phenoxy) is 4. The van der Waals surface area contributed by atoms with E-state index in [4.69, 9.17) is 24.1 Å². The molecule has 2 aromatic rings. The molecule has 0 aliphatic carbocycles. The Morgan fingerprint density at radius 1 is 1.13 bits per heavy atom. The summed E-state index contributed by atoms with van der Waals surface area (Å²) in [4.78, 5) is 51.5. The molecule has 1 aliphatic rings. The third kappa shape index (κ3) is 7.95. The second-order valence-electron chi connectivity index (χ2n) is 8.32. The molecule has 0 amide bonds. The summed E-state index contributed by atoms with van der Waals surface area (Å²) in [6, 6.07) is 8.18. The van der Waals surface area contributed by atoms with E-state index in [-0.39, 0.29) is 11.4 Å². The lowest BCUT2D eigenvalue weighted by atomic mass is 10.1. The number of nitrogen functional groups attached to an aromatic ring is 1. The molecule has 4 atom stereocenters. The molecule has 210 valence electrons. The first-order chi connectivity index (χ1) is 18.4. The first kappa shape index (κ1) is 29.5. The van der Waals surface area contributed by atoms with Crippen molar-refractivity contribution in [2.24, 2.45) is 0 Å². The van der Waals surface area contributed by atoms with Crippen LogP contribution in [-0.2, 0) is 53.4 Å². The van der Waals surface area contributed by atoms with Crippen LogP contribution in [0.2, 0.25) is 0 Å². The number of hydrogen-bond donors (Lipinski definition) is 1. The molecule has 15 heteroatoms. The maximum absolute atomic E-state index is 13.0. The molecule has 3 rings (SSSR count). The molecule has 1 aromatic heterocycles. The highest BCUT2D eigenvalue weighted by atomic mass is 32.2. The van der Waals surface area contributed by atoms with Gasteiger partial charge in [-0.2, -0.15) is 13.4 Å². The normalized spacial score (nSPS) is 21.0. The molecule has 0 bridgehead atoms. The Morgan fingerprint density at radius 3 is 2.44 bits per heavy atom. The highest BCUT2D eigenvalue weighted by Gasteiger charge is 2.51. The largest absolute Gasteiger partial charge is 0.466 e. The molecule has 1 aromatic carbocycles. The molecule has 0 spiro atoms. The van der Waals surface area contributed by atoms with Crippen molar-refractivity contribution >= 4 is 39.9 Å². The highest BCUT2D eigenvalue weighted by molar-refractivity contribution is 7.85. The minimum absolute atomic E-state index is 0.0998. The van der Waals surface area contributed by atoms with Gasteiger partial charge in [0.05, 0.1) is 7.11 Å². The summed E-state index contributed by atoms with van der Waals surface area (Å²) in [5.41, 5.74) is 5.39. The van der Waals surface area contributed by atoms with Gasteiger partial charge in [0.1, 0.15) is 30.4 Å². The van der Waals surface area contributed by atoms with Gasteiger partial charge >= 0.3 is 23.6 Å². The van der Waals surface area contributed by atoms with Crippen LogP contribution in [0, 0.1) is 0 Å². The van der Waals surface area contributed by atoms with Gasteiger partial charge in [-0.25, -0.2) is 9.59 Å². The van der Waals surface area contributed by atoms with Crippen molar-refractivity contribution in [3.8, 4) is 0 Å². The quantitative estimate of drug-likeness (QED) is 0.179. The molecule has 1 aliphatic heterocycles. The topological polar surface area (TPSA) is 192 Å². The van der Waals surface area contributed by atoms with Crippen LogP contribution < -0.4 is 11.4 Å². The van der Waals surface area contributed by atoms with Crippen molar-refractivity contribution in [2.75, 3.05) is 19.5 Å². The molecule has 0 saturated carbocycles. The van der Waals surface area contributed by atoms with Crippen LogP contribution >= 0.6 is 0 Å². The Bertz CT molecular complexity index is 1410. The van der Waals surface area contributed by atoms with E-state index in [1.807, 2.05) is 0 Å². The molecule has 0 radical (unpaired) electrons. The summed E-state index contributed by atoms with van der Waals surface area (Å²) in [7, 11) is -3.14. The van der Waals surface area contributed by atoms with Gasteiger partial charge < -0.3 is 24.7 Å². The van der Waals surface area contributed by atoms with Gasteiger partial charge in [-0.1, -0.05) is 30.3 Å². The number of esters is 3. The number of anilines is 1. The minimum Gasteiger partial charge on any atom is -0.466 e. The number of carbonyl (C=O) groups is 3. The zero-order valence-electron chi connectivity index (χ0n) is 21.2. The third-order valence-corrected chi connectivity index (χ3v) is 6.57. The SMILES string of the molecule is COC(=O)C=Cc1cn([C@@H]2O[C@H](COC(C)=O)[C@H](OS(=O)(=O)Cc3ccccc3)[C@H]2OC(C)=O)c(=O)nc1N. The molecule has 2 heterocycles. The van der Waals surface area contributed by atoms with Crippen molar-refractivity contribution in [1.29, 1.82) is 0 Å². The fourth-order valence-electron chi connectivity index (χ4n) is 3.71. The van der Waals surface area contributed by atoms with Crippen molar-refractivity contribution in [3.05, 3.63) is 64.2 Å². The Morgan fingerprint density at radius 2 is 1.82 bits per heavy atom. The van der Waals surface area contributed by atoms with Crippen LogP contribution in [0.25, 0.3) is 6.08 Å². The van der Waals surface area contributed by atoms with E-state index < -0.39 is 70.6 Å². The molecule has 2 N–H and O–H groups in total. The number of aromatic nitrogens is 2. The van der Waals surface area contributed by atoms with Crippen LogP contribution in [0.3, 0.4) is 0 Å². The second-order valence-corrected chi connectivity index (χ2v) is 9.91. The van der Waals surface area contributed by atoms with Crippen LogP contribution in [0.1, 0.15) is 31.2 Å². The van der Waals surface area contributed by atoms with Gasteiger partial charge in [-0.05, 0) is 11.6 Å². The summed E-state index contributed by atoms with van der Waals surface area (Å²) in [5.74, 6) is -2.99. The Kier molecular flexibility index (Phi) is 9.56. The molecule has 1 saturated heterocycles. The van der Waals surface area contributed by atoms with Crippen molar-refractivity contribution in [2.45, 2.75) is 44.1 Å². The zero-order chi connectivity index (χ0) is 28.7. The van der Waals surface area contributed by atoms with E-state index in [1.54, 1.807) is 30.3 Å². The number of rotatable bonds is 10. The number of methoxy groups -OCH3 is 1. The first-order valence-corrected chi connectivity index (χ1v) is 13.0. The average Bonchev–Trinajstić information content (AvgIpc) is 3.17. The maximum Gasteiger partial charge on any atom is 0.351 e. The molecular weight excluding hydrogens is 538 g/mol. The van der Waals surface area contributed by atoms with E-state index in [9.17, 15) is 27.6 Å². The predicted octanol–water partition coefficient (Wildman–Crippen LogP) is 0.319. The first-order valence-electron chi connectivity index (χ1n) is 11.5. The fraction of sp³-hybridized carbons (Fsp3) is 0.375. The zero-order valence-corrected chi connectivity index (χ0v) is 22.0. The monoisotopic (exact) mass is 565 g/mol. The van der Waals surface area contributed by atoms with E-state index in [1.165, 1.54) is 19.4 Å². The maximum atomic E-state index is 13.0. The van der Waals surface area contributed by atoms with E-state index in [2.05, 4.69) is 9.72 Å². The summed E-state index contributed by atoms with van der Waals surface area (Å²) in [5, 5.41) is 0. The highest BCUT2D eigenvalue weighted by Crippen LogP contribution is 2.35. The van der Waals surface area contributed by atoms with Crippen molar-refractivity contribution in [1.82, 2.24) is 9.55 Å². The minimum atomic E-state index is -4.31. The van der Waals surface area contributed by atoms with E-state index in [0.717, 1.165) is 24.5 Å². The second kappa shape index (κ2) is 12.6. The van der Waals surface area contributed by atoms with Crippen LogP contribution in [-0.4, -0.2) is 67.9 Å². The molecule has 1 fully saturated rings. The van der Waals surface area contributed by atoms with Crippen LogP contribution in [0.15, 0.2) is 47.4 Å². The lowest BCUT2D eigenvalue weighted by molar-refractivity contribution is -0.155. The predicted molar refractivity (Wildman–Crippen MR) is 134 cm³/mol. The fourth-order valence-corrected chi connectivity index (χ4v) is 4.95.